The van der Waals surface area contributed by atoms with E-state index in [-0.39, 0.29) is 22.9 Å². The van der Waals surface area contributed by atoms with Crippen LogP contribution in [0.3, 0.4) is 0 Å². The number of hydrogen-bond acceptors (Lipinski definition) is 3. The van der Waals surface area contributed by atoms with Crippen LogP contribution >= 0.6 is 23.2 Å². The molecule has 0 spiro atoms. The lowest BCUT2D eigenvalue weighted by Crippen LogP contribution is -2.36. The Balaban J connectivity index is 1.76. The summed E-state index contributed by atoms with van der Waals surface area (Å²) >= 11 is 12.1. The zero-order chi connectivity index (χ0) is 19.1. The Morgan fingerprint density at radius 1 is 1.23 bits per heavy atom. The Morgan fingerprint density at radius 3 is 2.62 bits per heavy atom. The fourth-order valence-corrected chi connectivity index (χ4v) is 3.56. The van der Waals surface area contributed by atoms with Gasteiger partial charge in [0.1, 0.15) is 5.76 Å². The third-order valence-corrected chi connectivity index (χ3v) is 5.64. The zero-order valence-electron chi connectivity index (χ0n) is 15.0. The van der Waals surface area contributed by atoms with Gasteiger partial charge in [0.05, 0.1) is 15.6 Å². The van der Waals surface area contributed by atoms with Crippen molar-refractivity contribution in [1.29, 1.82) is 0 Å². The highest BCUT2D eigenvalue weighted by molar-refractivity contribution is 6.42. The summed E-state index contributed by atoms with van der Waals surface area (Å²) in [6, 6.07) is 5.46. The van der Waals surface area contributed by atoms with Crippen molar-refractivity contribution in [3.63, 3.8) is 0 Å². The maximum atomic E-state index is 12.6. The van der Waals surface area contributed by atoms with Crippen LogP contribution in [0.4, 0.5) is 0 Å². The van der Waals surface area contributed by atoms with E-state index in [1.54, 1.807) is 13.0 Å². The molecule has 1 heterocycles. The summed E-state index contributed by atoms with van der Waals surface area (Å²) in [6.45, 7) is 6.18. The van der Waals surface area contributed by atoms with Crippen LogP contribution < -0.4 is 5.32 Å². The number of ketones is 1. The van der Waals surface area contributed by atoms with Gasteiger partial charge in [0, 0.05) is 30.4 Å². The minimum atomic E-state index is -0.347. The molecule has 0 unspecified atom stereocenters. The van der Waals surface area contributed by atoms with Crippen LogP contribution in [0.1, 0.15) is 64.5 Å². The molecule has 138 valence electrons. The molecule has 0 fully saturated rings. The van der Waals surface area contributed by atoms with E-state index >= 15 is 0 Å². The molecular weight excluding hydrogens is 373 g/mol. The van der Waals surface area contributed by atoms with E-state index < -0.39 is 0 Å². The summed E-state index contributed by atoms with van der Waals surface area (Å²) in [6.07, 6.45) is 1.98. The molecule has 2 aromatic rings. The molecule has 4 nitrogen and oxygen atoms in total. The lowest BCUT2D eigenvalue weighted by atomic mass is 9.84. The van der Waals surface area contributed by atoms with Crippen LogP contribution in [-0.4, -0.2) is 18.2 Å². The van der Waals surface area contributed by atoms with Crippen molar-refractivity contribution in [3.8, 4) is 0 Å². The first kappa shape index (κ1) is 19.0. The van der Waals surface area contributed by atoms with E-state index in [0.717, 1.165) is 12.0 Å². The predicted molar refractivity (Wildman–Crippen MR) is 103 cm³/mol. The van der Waals surface area contributed by atoms with Gasteiger partial charge in [-0.1, -0.05) is 43.1 Å². The molecule has 1 aliphatic carbocycles. The van der Waals surface area contributed by atoms with Crippen molar-refractivity contribution >= 4 is 34.9 Å². The first-order chi connectivity index (χ1) is 12.2. The fraction of sp³-hybridized carbons (Fsp3) is 0.400. The summed E-state index contributed by atoms with van der Waals surface area (Å²) in [4.78, 5) is 24.7. The number of carbonyl (C=O) groups is 2. The van der Waals surface area contributed by atoms with Crippen LogP contribution in [0.5, 0.6) is 0 Å². The van der Waals surface area contributed by atoms with Gasteiger partial charge in [0.25, 0.3) is 5.91 Å². The molecule has 0 atom stereocenters. The van der Waals surface area contributed by atoms with Gasteiger partial charge in [0.15, 0.2) is 11.5 Å². The highest BCUT2D eigenvalue weighted by atomic mass is 35.5. The molecular formula is C20H21Cl2NO3. The van der Waals surface area contributed by atoms with Crippen LogP contribution in [0.15, 0.2) is 22.6 Å². The number of rotatable bonds is 4. The van der Waals surface area contributed by atoms with Crippen molar-refractivity contribution < 1.29 is 14.0 Å². The fourth-order valence-electron chi connectivity index (χ4n) is 3.27. The number of fused-ring (bicyclic) bond motifs is 1. The molecule has 0 saturated heterocycles. The van der Waals surface area contributed by atoms with Gasteiger partial charge in [-0.2, -0.15) is 0 Å². The summed E-state index contributed by atoms with van der Waals surface area (Å²) in [5.74, 6) is 0.614. The smallest absolute Gasteiger partial charge is 0.287 e. The molecule has 26 heavy (non-hydrogen) atoms. The number of hydrogen-bond donors (Lipinski definition) is 1. The standard InChI is InChI=1S/C20H21Cl2NO3/c1-11-17-15(24)5-4-6-16(17)26-18(11)19(25)23-10-20(2,3)12-7-8-13(21)14(22)9-12/h7-9H,4-6,10H2,1-3H3,(H,23,25). The first-order valence-electron chi connectivity index (χ1n) is 8.60. The zero-order valence-corrected chi connectivity index (χ0v) is 16.6. The second-order valence-electron chi connectivity index (χ2n) is 7.33. The number of benzene rings is 1. The van der Waals surface area contributed by atoms with Crippen LogP contribution in [0.25, 0.3) is 0 Å². The molecule has 1 N–H and O–H groups in total. The Bertz CT molecular complexity index is 883. The highest BCUT2D eigenvalue weighted by Gasteiger charge is 2.30. The maximum Gasteiger partial charge on any atom is 0.287 e. The van der Waals surface area contributed by atoms with Crippen LogP contribution in [-0.2, 0) is 11.8 Å². The van der Waals surface area contributed by atoms with E-state index in [1.807, 2.05) is 26.0 Å². The number of nitrogens with one attached hydrogen (secondary N) is 1. The Labute approximate surface area is 162 Å². The Kier molecular flexibility index (Phi) is 5.18. The van der Waals surface area contributed by atoms with Crippen molar-refractivity contribution in [1.82, 2.24) is 5.32 Å². The van der Waals surface area contributed by atoms with E-state index in [1.165, 1.54) is 0 Å². The summed E-state index contributed by atoms with van der Waals surface area (Å²) in [5.41, 5.74) is 1.84. The summed E-state index contributed by atoms with van der Waals surface area (Å²) in [7, 11) is 0. The normalized spacial score (nSPS) is 14.3. The highest BCUT2D eigenvalue weighted by Crippen LogP contribution is 2.31. The number of aryl methyl sites for hydroxylation is 1. The van der Waals surface area contributed by atoms with E-state index in [0.29, 0.717) is 46.3 Å². The van der Waals surface area contributed by atoms with Crippen LogP contribution in [0.2, 0.25) is 10.0 Å². The predicted octanol–water partition coefficient (Wildman–Crippen LogP) is 5.12. The van der Waals surface area contributed by atoms with Gasteiger partial charge in [-0.15, -0.1) is 0 Å². The maximum absolute atomic E-state index is 12.6. The molecule has 0 bridgehead atoms. The molecule has 3 rings (SSSR count). The van der Waals surface area contributed by atoms with Gasteiger partial charge in [-0.3, -0.25) is 9.59 Å². The lowest BCUT2D eigenvalue weighted by molar-refractivity contribution is 0.0912. The van der Waals surface area contributed by atoms with Gasteiger partial charge in [-0.25, -0.2) is 0 Å². The molecule has 0 saturated carbocycles. The van der Waals surface area contributed by atoms with Crippen LogP contribution in [0, 0.1) is 6.92 Å². The number of Topliss-reactive ketones (excluding diaryl/α,β-unsaturated/α-hetero) is 1. The second kappa shape index (κ2) is 7.09. The average molecular weight is 394 g/mol. The SMILES string of the molecule is Cc1c(C(=O)NCC(C)(C)c2ccc(Cl)c(Cl)c2)oc2c1C(=O)CCC2. The molecule has 1 aliphatic rings. The van der Waals surface area contributed by atoms with Gasteiger partial charge < -0.3 is 9.73 Å². The van der Waals surface area contributed by atoms with Crippen molar-refractivity contribution in [2.75, 3.05) is 6.54 Å². The summed E-state index contributed by atoms with van der Waals surface area (Å²) < 4.78 is 5.70. The second-order valence-corrected chi connectivity index (χ2v) is 8.14. The monoisotopic (exact) mass is 393 g/mol. The number of furan rings is 1. The number of amides is 1. The lowest BCUT2D eigenvalue weighted by Gasteiger charge is -2.26. The van der Waals surface area contributed by atoms with Gasteiger partial charge >= 0.3 is 0 Å². The molecule has 6 heteroatoms. The molecule has 0 radical (unpaired) electrons. The first-order valence-corrected chi connectivity index (χ1v) is 9.35. The van der Waals surface area contributed by atoms with E-state index in [9.17, 15) is 9.59 Å². The number of carbonyl (C=O) groups excluding carboxylic acids is 2. The van der Waals surface area contributed by atoms with E-state index in [2.05, 4.69) is 5.32 Å². The van der Waals surface area contributed by atoms with Crippen molar-refractivity contribution in [3.05, 3.63) is 56.5 Å². The van der Waals surface area contributed by atoms with Gasteiger partial charge in [0.2, 0.25) is 0 Å². The summed E-state index contributed by atoms with van der Waals surface area (Å²) in [5, 5.41) is 3.90. The average Bonchev–Trinajstić information content (AvgIpc) is 2.93. The third kappa shape index (κ3) is 3.53. The Hall–Kier alpha value is -1.78. The third-order valence-electron chi connectivity index (χ3n) is 4.90. The minimum absolute atomic E-state index is 0.0580. The van der Waals surface area contributed by atoms with Gasteiger partial charge in [-0.05, 0) is 31.0 Å². The molecule has 1 aromatic carbocycles. The Morgan fingerprint density at radius 2 is 1.96 bits per heavy atom. The topological polar surface area (TPSA) is 59.3 Å². The van der Waals surface area contributed by atoms with Crippen molar-refractivity contribution in [2.24, 2.45) is 0 Å². The minimum Gasteiger partial charge on any atom is -0.455 e. The number of halogens is 2. The molecule has 0 aliphatic heterocycles. The quantitative estimate of drug-likeness (QED) is 0.783. The van der Waals surface area contributed by atoms with E-state index in [4.69, 9.17) is 27.6 Å². The largest absolute Gasteiger partial charge is 0.455 e. The molecule has 1 aromatic heterocycles. The van der Waals surface area contributed by atoms with Crippen molar-refractivity contribution in [2.45, 2.75) is 45.4 Å². The molecule has 1 amide bonds.